The molecule has 6 nitrogen and oxygen atoms in total. The second kappa shape index (κ2) is 8.48. The van der Waals surface area contributed by atoms with E-state index in [2.05, 4.69) is 30.8 Å². The molecule has 184 valence electrons. The van der Waals surface area contributed by atoms with Gasteiger partial charge in [0.25, 0.3) is 0 Å². The van der Waals surface area contributed by atoms with E-state index in [0.29, 0.717) is 28.6 Å². The van der Waals surface area contributed by atoms with Gasteiger partial charge in [0.2, 0.25) is 5.95 Å². The Morgan fingerprint density at radius 1 is 1.12 bits per heavy atom. The van der Waals surface area contributed by atoms with E-state index in [-0.39, 0.29) is 22.1 Å². The first-order chi connectivity index (χ1) is 15.7. The summed E-state index contributed by atoms with van der Waals surface area (Å²) < 4.78 is 67.9. The smallest absolute Gasteiger partial charge is 0.406 e. The normalized spacial score (nSPS) is 20.9. The third kappa shape index (κ3) is 5.48. The van der Waals surface area contributed by atoms with Gasteiger partial charge < -0.3 is 14.6 Å². The first-order valence-electron chi connectivity index (χ1n) is 11.1. The maximum atomic E-state index is 12.5. The van der Waals surface area contributed by atoms with Crippen molar-refractivity contribution in [3.05, 3.63) is 42.5 Å². The van der Waals surface area contributed by atoms with Gasteiger partial charge >= 0.3 is 6.36 Å². The Morgan fingerprint density at radius 2 is 1.79 bits per heavy atom. The highest BCUT2D eigenvalue weighted by molar-refractivity contribution is 7.90. The highest BCUT2D eigenvalue weighted by Crippen LogP contribution is 2.46. The summed E-state index contributed by atoms with van der Waals surface area (Å²) in [4.78, 5) is 4.92. The molecule has 0 aliphatic heterocycles. The zero-order valence-corrected chi connectivity index (χ0v) is 20.3. The van der Waals surface area contributed by atoms with Gasteiger partial charge in [0.1, 0.15) is 5.75 Å². The van der Waals surface area contributed by atoms with Gasteiger partial charge in [-0.1, -0.05) is 20.8 Å². The first kappa shape index (κ1) is 24.4. The molecule has 0 saturated heterocycles. The van der Waals surface area contributed by atoms with Crippen molar-refractivity contribution in [3.63, 3.8) is 0 Å². The number of halogens is 3. The van der Waals surface area contributed by atoms with Crippen LogP contribution in [-0.4, -0.2) is 30.6 Å². The fraction of sp³-hybridized carbons (Fsp3) is 0.458. The molecule has 1 N–H and O–H groups in total. The van der Waals surface area contributed by atoms with Gasteiger partial charge in [-0.15, -0.1) is 13.2 Å². The van der Waals surface area contributed by atoms with Gasteiger partial charge in [-0.05, 0) is 73.1 Å². The topological polar surface area (TPSA) is 73.2 Å². The van der Waals surface area contributed by atoms with Gasteiger partial charge in [-0.25, -0.2) is 13.4 Å². The molecule has 10 heteroatoms. The predicted molar refractivity (Wildman–Crippen MR) is 125 cm³/mol. The molecular formula is C24H28F3N3O3S. The van der Waals surface area contributed by atoms with E-state index < -0.39 is 16.2 Å². The third-order valence-corrected chi connectivity index (χ3v) is 7.27. The minimum Gasteiger partial charge on any atom is -0.406 e. The Morgan fingerprint density at radius 3 is 2.38 bits per heavy atom. The molecule has 0 amide bonds. The van der Waals surface area contributed by atoms with Gasteiger partial charge in [0, 0.05) is 18.0 Å². The van der Waals surface area contributed by atoms with Gasteiger partial charge in [0.05, 0.1) is 15.9 Å². The predicted octanol–water partition coefficient (Wildman–Crippen LogP) is 6.47. The van der Waals surface area contributed by atoms with Crippen LogP contribution in [0.15, 0.2) is 47.4 Å². The molecule has 34 heavy (non-hydrogen) atoms. The summed E-state index contributed by atoms with van der Waals surface area (Å²) in [5.41, 5.74) is 1.99. The lowest BCUT2D eigenvalue weighted by molar-refractivity contribution is -0.274. The Balaban J connectivity index is 1.77. The van der Waals surface area contributed by atoms with Crippen LogP contribution in [0.2, 0.25) is 0 Å². The van der Waals surface area contributed by atoms with E-state index in [1.54, 1.807) is 12.1 Å². The number of rotatable bonds is 5. The van der Waals surface area contributed by atoms with Crippen molar-refractivity contribution in [3.8, 4) is 5.75 Å². The summed E-state index contributed by atoms with van der Waals surface area (Å²) in [5, 5.41) is 3.22. The van der Waals surface area contributed by atoms with Crippen LogP contribution >= 0.6 is 0 Å². The number of aromatic nitrogens is 2. The minimum atomic E-state index is -4.76. The van der Waals surface area contributed by atoms with Crippen molar-refractivity contribution < 1.29 is 26.3 Å². The minimum absolute atomic E-state index is 0.0777. The Labute approximate surface area is 197 Å². The quantitative estimate of drug-likeness (QED) is 0.439. The molecule has 4 rings (SSSR count). The van der Waals surface area contributed by atoms with Crippen LogP contribution in [0.5, 0.6) is 5.75 Å². The number of hydrogen-bond donors (Lipinski definition) is 1. The van der Waals surface area contributed by atoms with Gasteiger partial charge in [-0.2, -0.15) is 0 Å². The number of nitrogens with zero attached hydrogens (tertiary/aromatic N) is 2. The highest BCUT2D eigenvalue weighted by Gasteiger charge is 2.35. The fourth-order valence-electron chi connectivity index (χ4n) is 5.12. The van der Waals surface area contributed by atoms with E-state index >= 15 is 0 Å². The van der Waals surface area contributed by atoms with Crippen LogP contribution in [0.4, 0.5) is 24.8 Å². The molecule has 1 aromatic heterocycles. The molecule has 1 saturated carbocycles. The number of benzene rings is 2. The molecule has 3 aromatic rings. The zero-order chi connectivity index (χ0) is 24.9. The van der Waals surface area contributed by atoms with Crippen molar-refractivity contribution >= 4 is 32.5 Å². The molecular weight excluding hydrogens is 467 g/mol. The number of ether oxygens (including phenoxy) is 1. The maximum Gasteiger partial charge on any atom is 0.573 e. The number of sulfone groups is 1. The van der Waals surface area contributed by atoms with Crippen LogP contribution in [0.25, 0.3) is 11.0 Å². The zero-order valence-electron chi connectivity index (χ0n) is 19.5. The third-order valence-electron chi connectivity index (χ3n) is 6.16. The molecule has 2 aromatic carbocycles. The summed E-state index contributed by atoms with van der Waals surface area (Å²) in [6.45, 7) is 6.66. The lowest BCUT2D eigenvalue weighted by Crippen LogP contribution is -2.29. The van der Waals surface area contributed by atoms with Crippen LogP contribution in [0, 0.1) is 11.3 Å². The second-order valence-corrected chi connectivity index (χ2v) is 12.0. The summed E-state index contributed by atoms with van der Waals surface area (Å²) in [6.07, 6.45) is -0.701. The highest BCUT2D eigenvalue weighted by atomic mass is 32.2. The van der Waals surface area contributed by atoms with Crippen molar-refractivity contribution in [1.29, 1.82) is 0 Å². The van der Waals surface area contributed by atoms with Crippen molar-refractivity contribution in [1.82, 2.24) is 9.55 Å². The number of imidazole rings is 1. The molecule has 0 bridgehead atoms. The van der Waals surface area contributed by atoms with Gasteiger partial charge in [-0.3, -0.25) is 0 Å². The number of hydrogen-bond acceptors (Lipinski definition) is 5. The van der Waals surface area contributed by atoms with E-state index in [1.165, 1.54) is 36.6 Å². The molecule has 1 fully saturated rings. The molecule has 1 aliphatic carbocycles. The Bertz CT molecular complexity index is 1300. The van der Waals surface area contributed by atoms with Gasteiger partial charge in [0.15, 0.2) is 9.84 Å². The summed E-state index contributed by atoms with van der Waals surface area (Å²) in [5.74, 6) is 0.670. The largest absolute Gasteiger partial charge is 0.573 e. The van der Waals surface area contributed by atoms with Crippen molar-refractivity contribution in [2.75, 3.05) is 11.6 Å². The summed E-state index contributed by atoms with van der Waals surface area (Å²) in [6, 6.07) is 10.4. The van der Waals surface area contributed by atoms with E-state index in [1.807, 2.05) is 4.57 Å². The molecule has 0 spiro atoms. The average molecular weight is 496 g/mol. The summed E-state index contributed by atoms with van der Waals surface area (Å²) >= 11 is 0. The average Bonchev–Trinajstić information content (AvgIpc) is 3.03. The monoisotopic (exact) mass is 495 g/mol. The van der Waals surface area contributed by atoms with Crippen LogP contribution in [-0.2, 0) is 9.84 Å². The standard InChI is InChI=1S/C24H28F3N3O3S/c1-15-11-17(14-23(2,3)13-15)30-21-12-19(34(4,31)32)9-10-20(21)29-22(30)28-16-5-7-18(8-6-16)33-24(25,26)27/h5-10,12,15,17H,11,13-14H2,1-4H3,(H,28,29)/t15-,17+/m1/s1. The lowest BCUT2D eigenvalue weighted by atomic mass is 9.70. The number of alkyl halides is 3. The van der Waals surface area contributed by atoms with E-state index in [0.717, 1.165) is 19.3 Å². The van der Waals surface area contributed by atoms with Crippen LogP contribution < -0.4 is 10.1 Å². The van der Waals surface area contributed by atoms with Crippen molar-refractivity contribution in [2.45, 2.75) is 57.3 Å². The Hall–Kier alpha value is -2.75. The molecule has 0 unspecified atom stereocenters. The number of fused-ring (bicyclic) bond motifs is 1. The molecule has 1 aliphatic rings. The Kier molecular flexibility index (Phi) is 6.08. The second-order valence-electron chi connectivity index (χ2n) is 9.99. The molecule has 0 radical (unpaired) electrons. The van der Waals surface area contributed by atoms with Crippen molar-refractivity contribution in [2.24, 2.45) is 11.3 Å². The molecule has 2 atom stereocenters. The first-order valence-corrected chi connectivity index (χ1v) is 12.9. The summed E-state index contributed by atoms with van der Waals surface area (Å²) in [7, 11) is -3.41. The SMILES string of the molecule is C[C@@H]1C[C@H](n2c(Nc3ccc(OC(F)(F)F)cc3)nc3ccc(S(C)(=O)=O)cc32)CC(C)(C)C1. The lowest BCUT2D eigenvalue weighted by Gasteiger charge is -2.40. The molecule has 1 heterocycles. The van der Waals surface area contributed by atoms with E-state index in [4.69, 9.17) is 4.98 Å². The maximum absolute atomic E-state index is 12.5. The number of anilines is 2. The fourth-order valence-corrected chi connectivity index (χ4v) is 5.76. The van der Waals surface area contributed by atoms with E-state index in [9.17, 15) is 21.6 Å². The van der Waals surface area contributed by atoms with Crippen LogP contribution in [0.3, 0.4) is 0 Å². The number of nitrogens with one attached hydrogen (secondary N) is 1. The van der Waals surface area contributed by atoms with Crippen LogP contribution in [0.1, 0.15) is 46.1 Å².